The molecular formula is C16H15ClF4N4O. The van der Waals surface area contributed by atoms with E-state index in [1.165, 1.54) is 24.8 Å². The van der Waals surface area contributed by atoms with Crippen molar-refractivity contribution >= 4 is 17.5 Å². The molecule has 10 heteroatoms. The molecule has 5 nitrogen and oxygen atoms in total. The van der Waals surface area contributed by atoms with E-state index in [4.69, 9.17) is 11.6 Å². The number of benzene rings is 1. The summed E-state index contributed by atoms with van der Waals surface area (Å²) in [6.07, 6.45) is -4.66. The van der Waals surface area contributed by atoms with Gasteiger partial charge < -0.3 is 9.47 Å². The number of fused-ring (bicyclic) bond motifs is 1. The molecule has 0 spiro atoms. The van der Waals surface area contributed by atoms with Gasteiger partial charge in [0.1, 0.15) is 0 Å². The van der Waals surface area contributed by atoms with Crippen molar-refractivity contribution in [2.45, 2.75) is 38.8 Å². The maximum Gasteiger partial charge on any atom is 0.417 e. The van der Waals surface area contributed by atoms with Gasteiger partial charge in [0.15, 0.2) is 17.3 Å². The van der Waals surface area contributed by atoms with Crippen molar-refractivity contribution in [1.82, 2.24) is 19.7 Å². The zero-order valence-corrected chi connectivity index (χ0v) is 14.7. The fourth-order valence-electron chi connectivity index (χ4n) is 2.86. The Morgan fingerprint density at radius 1 is 1.15 bits per heavy atom. The number of hydrogen-bond donors (Lipinski definition) is 0. The molecule has 0 unspecified atom stereocenters. The average molecular weight is 391 g/mol. The Hall–Kier alpha value is -2.16. The highest BCUT2D eigenvalue weighted by Gasteiger charge is 2.36. The minimum Gasteiger partial charge on any atom is -0.329 e. The molecule has 1 aliphatic heterocycles. The van der Waals surface area contributed by atoms with E-state index in [0.29, 0.717) is 5.82 Å². The summed E-state index contributed by atoms with van der Waals surface area (Å²) in [6, 6.07) is 3.20. The lowest BCUT2D eigenvalue weighted by Crippen LogP contribution is -2.39. The number of hydrogen-bond acceptors (Lipinski definition) is 3. The molecule has 26 heavy (non-hydrogen) atoms. The van der Waals surface area contributed by atoms with Gasteiger partial charge in [-0.05, 0) is 26.0 Å². The van der Waals surface area contributed by atoms with Crippen LogP contribution >= 0.6 is 11.6 Å². The Balaban J connectivity index is 1.89. The van der Waals surface area contributed by atoms with Gasteiger partial charge in [-0.2, -0.15) is 13.2 Å². The predicted molar refractivity (Wildman–Crippen MR) is 85.4 cm³/mol. The zero-order chi connectivity index (χ0) is 19.3. The van der Waals surface area contributed by atoms with Crippen LogP contribution in [0.4, 0.5) is 17.6 Å². The fraction of sp³-hybridized carbons (Fsp3) is 0.438. The second-order valence-electron chi connectivity index (χ2n) is 6.46. The summed E-state index contributed by atoms with van der Waals surface area (Å²) in [6.45, 7) is 3.13. The van der Waals surface area contributed by atoms with Crippen molar-refractivity contribution in [3.8, 4) is 0 Å². The summed E-state index contributed by atoms with van der Waals surface area (Å²) in [4.78, 5) is 14.0. The molecule has 0 aliphatic carbocycles. The average Bonchev–Trinajstić information content (AvgIpc) is 2.96. The Morgan fingerprint density at radius 2 is 1.85 bits per heavy atom. The largest absolute Gasteiger partial charge is 0.417 e. The summed E-state index contributed by atoms with van der Waals surface area (Å²) in [7, 11) is 0. The molecule has 0 fully saturated rings. The number of nitrogens with zero attached hydrogens (tertiary/aromatic N) is 4. The van der Waals surface area contributed by atoms with Crippen molar-refractivity contribution in [2.24, 2.45) is 0 Å². The van der Waals surface area contributed by atoms with E-state index in [0.717, 1.165) is 12.1 Å². The van der Waals surface area contributed by atoms with E-state index < -0.39 is 28.3 Å². The predicted octanol–water partition coefficient (Wildman–Crippen LogP) is 3.81. The summed E-state index contributed by atoms with van der Waals surface area (Å²) < 4.78 is 54.7. The van der Waals surface area contributed by atoms with Crippen LogP contribution in [0.1, 0.15) is 41.4 Å². The molecule has 2 aromatic rings. The third-order valence-corrected chi connectivity index (χ3v) is 4.51. The van der Waals surface area contributed by atoms with Gasteiger partial charge in [-0.3, -0.25) is 4.79 Å². The number of carbonyl (C=O) groups excluding carboxylic acids is 1. The molecule has 1 aromatic carbocycles. The standard InChI is InChI=1S/C16H15ClF4N4O/c1-15(2,18)14-23-22-11-8-24(6-7-25(11)14)13(26)9-4-3-5-10(12(9)17)16(19,20)21/h3-5H,6-8H2,1-2H3. The Morgan fingerprint density at radius 3 is 2.46 bits per heavy atom. The van der Waals surface area contributed by atoms with Crippen LogP contribution in [-0.2, 0) is 24.9 Å². The first-order valence-corrected chi connectivity index (χ1v) is 8.14. The zero-order valence-electron chi connectivity index (χ0n) is 13.9. The molecule has 0 atom stereocenters. The molecule has 0 N–H and O–H groups in total. The van der Waals surface area contributed by atoms with Crippen LogP contribution in [0.15, 0.2) is 18.2 Å². The van der Waals surface area contributed by atoms with E-state index >= 15 is 0 Å². The summed E-state index contributed by atoms with van der Waals surface area (Å²) in [5.41, 5.74) is -2.99. The van der Waals surface area contributed by atoms with Crippen LogP contribution in [0.3, 0.4) is 0 Å². The van der Waals surface area contributed by atoms with Crippen LogP contribution < -0.4 is 0 Å². The third-order valence-electron chi connectivity index (χ3n) is 4.11. The van der Waals surface area contributed by atoms with Gasteiger partial charge in [0, 0.05) is 13.1 Å². The number of alkyl halides is 4. The second-order valence-corrected chi connectivity index (χ2v) is 6.83. The monoisotopic (exact) mass is 390 g/mol. The Kier molecular flexibility index (Phi) is 4.46. The van der Waals surface area contributed by atoms with Crippen LogP contribution in [0.2, 0.25) is 5.02 Å². The van der Waals surface area contributed by atoms with E-state index in [9.17, 15) is 22.4 Å². The molecule has 2 heterocycles. The molecule has 1 amide bonds. The summed E-state index contributed by atoms with van der Waals surface area (Å²) >= 11 is 5.82. The molecule has 0 saturated heterocycles. The van der Waals surface area contributed by atoms with E-state index in [1.807, 2.05) is 0 Å². The van der Waals surface area contributed by atoms with Gasteiger partial charge in [0.25, 0.3) is 5.91 Å². The van der Waals surface area contributed by atoms with E-state index in [-0.39, 0.29) is 31.0 Å². The normalized spacial score (nSPS) is 15.1. The molecule has 0 saturated carbocycles. The van der Waals surface area contributed by atoms with E-state index in [1.54, 1.807) is 4.57 Å². The number of carbonyl (C=O) groups is 1. The summed E-state index contributed by atoms with van der Waals surface area (Å²) in [5, 5.41) is 7.08. The highest BCUT2D eigenvalue weighted by molar-refractivity contribution is 6.34. The minimum atomic E-state index is -4.66. The number of rotatable bonds is 2. The second kappa shape index (κ2) is 6.22. The first kappa shape index (κ1) is 18.6. The highest BCUT2D eigenvalue weighted by atomic mass is 35.5. The molecular weight excluding hydrogens is 376 g/mol. The topological polar surface area (TPSA) is 51.0 Å². The van der Waals surface area contributed by atoms with Crippen LogP contribution in [0, 0.1) is 0 Å². The maximum absolute atomic E-state index is 14.1. The molecule has 0 bridgehead atoms. The number of amides is 1. The highest BCUT2D eigenvalue weighted by Crippen LogP contribution is 2.37. The van der Waals surface area contributed by atoms with Crippen LogP contribution in [-0.4, -0.2) is 32.1 Å². The van der Waals surface area contributed by atoms with Crippen molar-refractivity contribution < 1.29 is 22.4 Å². The van der Waals surface area contributed by atoms with Crippen molar-refractivity contribution in [1.29, 1.82) is 0 Å². The van der Waals surface area contributed by atoms with Gasteiger partial charge in [-0.1, -0.05) is 17.7 Å². The van der Waals surface area contributed by atoms with Gasteiger partial charge in [-0.25, -0.2) is 4.39 Å². The van der Waals surface area contributed by atoms with Gasteiger partial charge in [0.05, 0.1) is 22.7 Å². The molecule has 1 aromatic heterocycles. The van der Waals surface area contributed by atoms with Crippen molar-refractivity contribution in [3.05, 3.63) is 46.0 Å². The molecule has 1 aliphatic rings. The lowest BCUT2D eigenvalue weighted by Gasteiger charge is -2.29. The van der Waals surface area contributed by atoms with Gasteiger partial charge >= 0.3 is 6.18 Å². The lowest BCUT2D eigenvalue weighted by molar-refractivity contribution is -0.137. The minimum absolute atomic E-state index is 0.00842. The van der Waals surface area contributed by atoms with Crippen LogP contribution in [0.5, 0.6) is 0 Å². The first-order chi connectivity index (χ1) is 12.0. The van der Waals surface area contributed by atoms with Crippen molar-refractivity contribution in [3.63, 3.8) is 0 Å². The van der Waals surface area contributed by atoms with Gasteiger partial charge in [0.2, 0.25) is 0 Å². The fourth-order valence-corrected chi connectivity index (χ4v) is 3.17. The number of halogens is 5. The molecule has 0 radical (unpaired) electrons. The van der Waals surface area contributed by atoms with Crippen LogP contribution in [0.25, 0.3) is 0 Å². The van der Waals surface area contributed by atoms with Gasteiger partial charge in [-0.15, -0.1) is 10.2 Å². The molecule has 3 rings (SSSR count). The maximum atomic E-state index is 14.1. The van der Waals surface area contributed by atoms with Crippen molar-refractivity contribution in [2.75, 3.05) is 6.54 Å². The quantitative estimate of drug-likeness (QED) is 0.733. The number of aromatic nitrogens is 3. The third kappa shape index (κ3) is 3.27. The lowest BCUT2D eigenvalue weighted by atomic mass is 10.1. The smallest absolute Gasteiger partial charge is 0.329 e. The Bertz CT molecular complexity index is 857. The Labute approximate surface area is 151 Å². The molecule has 140 valence electrons. The van der Waals surface area contributed by atoms with E-state index in [2.05, 4.69) is 10.2 Å². The first-order valence-electron chi connectivity index (χ1n) is 7.76. The SMILES string of the molecule is CC(C)(F)c1nnc2n1CCN(C(=O)c1cccc(C(F)(F)F)c1Cl)C2. The summed E-state index contributed by atoms with van der Waals surface area (Å²) in [5.74, 6) is -0.124.